The third kappa shape index (κ3) is 3.77. The molecule has 1 aromatic carbocycles. The second-order valence-electron chi connectivity index (χ2n) is 3.82. The van der Waals surface area contributed by atoms with Crippen LogP contribution >= 0.6 is 22.6 Å². The van der Waals surface area contributed by atoms with Crippen molar-refractivity contribution >= 4 is 34.2 Å². The van der Waals surface area contributed by atoms with Crippen molar-refractivity contribution in [3.05, 3.63) is 45.8 Å². The molecule has 1 heterocycles. The van der Waals surface area contributed by atoms with Crippen molar-refractivity contribution < 1.29 is 9.53 Å². The number of hydrogen-bond donors (Lipinski definition) is 1. The Morgan fingerprint density at radius 2 is 2.26 bits per heavy atom. The number of carbonyl (C=O) groups is 1. The summed E-state index contributed by atoms with van der Waals surface area (Å²) in [6, 6.07) is 7.43. The Kier molecular flexibility index (Phi) is 4.92. The quantitative estimate of drug-likeness (QED) is 0.823. The average Bonchev–Trinajstić information content (AvgIpc) is 2.84. The largest absolute Gasteiger partial charge is 0.360 e. The van der Waals surface area contributed by atoms with Crippen molar-refractivity contribution in [3.8, 4) is 0 Å². The highest BCUT2D eigenvalue weighted by Crippen LogP contribution is 2.14. The highest BCUT2D eigenvalue weighted by atomic mass is 127. The fourth-order valence-corrected chi connectivity index (χ4v) is 2.16. The van der Waals surface area contributed by atoms with Gasteiger partial charge in [-0.15, -0.1) is 0 Å². The van der Waals surface area contributed by atoms with E-state index in [9.17, 15) is 4.79 Å². The molecule has 0 bridgehead atoms. The lowest BCUT2D eigenvalue weighted by molar-refractivity contribution is 0.0792. The zero-order chi connectivity index (χ0) is 13.7. The Morgan fingerprint density at radius 3 is 3.00 bits per heavy atom. The van der Waals surface area contributed by atoms with Crippen molar-refractivity contribution in [2.45, 2.75) is 13.7 Å². The van der Waals surface area contributed by atoms with Gasteiger partial charge in [0.15, 0.2) is 0 Å². The van der Waals surface area contributed by atoms with Crippen molar-refractivity contribution in [1.82, 2.24) is 9.78 Å². The van der Waals surface area contributed by atoms with Gasteiger partial charge >= 0.3 is 0 Å². The summed E-state index contributed by atoms with van der Waals surface area (Å²) < 4.78 is 7.78. The summed E-state index contributed by atoms with van der Waals surface area (Å²) in [5.74, 6) is -0.138. The Balaban J connectivity index is 2.03. The van der Waals surface area contributed by atoms with Gasteiger partial charge in [-0.2, -0.15) is 5.10 Å². The monoisotopic (exact) mass is 371 g/mol. The first kappa shape index (κ1) is 14.0. The number of nitrogens with zero attached hydrogens (tertiary/aromatic N) is 2. The summed E-state index contributed by atoms with van der Waals surface area (Å²) in [5.41, 5.74) is 1.31. The van der Waals surface area contributed by atoms with E-state index in [0.717, 1.165) is 3.57 Å². The summed E-state index contributed by atoms with van der Waals surface area (Å²) in [7, 11) is 0. The first-order valence-electron chi connectivity index (χ1n) is 5.86. The molecule has 1 N–H and O–H groups in total. The Morgan fingerprint density at radius 1 is 1.47 bits per heavy atom. The Hall–Kier alpha value is -1.41. The third-order valence-corrected chi connectivity index (χ3v) is 3.38. The molecule has 2 aromatic rings. The molecule has 1 amide bonds. The standard InChI is InChI=1S/C13H14IN3O2/c1-2-19-9-17-8-10(7-15-17)16-13(18)11-5-3-4-6-12(11)14/h3-8H,2,9H2,1H3,(H,16,18). The zero-order valence-corrected chi connectivity index (χ0v) is 12.6. The van der Waals surface area contributed by atoms with Crippen molar-refractivity contribution in [2.75, 3.05) is 11.9 Å². The molecule has 19 heavy (non-hydrogen) atoms. The molecule has 0 spiro atoms. The van der Waals surface area contributed by atoms with Crippen LogP contribution in [0.1, 0.15) is 17.3 Å². The molecule has 0 saturated carbocycles. The lowest BCUT2D eigenvalue weighted by Gasteiger charge is -2.04. The minimum absolute atomic E-state index is 0.138. The molecule has 0 aliphatic carbocycles. The molecule has 100 valence electrons. The minimum Gasteiger partial charge on any atom is -0.360 e. The van der Waals surface area contributed by atoms with Gasteiger partial charge in [0.05, 0.1) is 23.6 Å². The van der Waals surface area contributed by atoms with Gasteiger partial charge in [-0.05, 0) is 41.6 Å². The number of anilines is 1. The van der Waals surface area contributed by atoms with Gasteiger partial charge in [0.2, 0.25) is 0 Å². The van der Waals surface area contributed by atoms with Crippen LogP contribution in [0, 0.1) is 3.57 Å². The summed E-state index contributed by atoms with van der Waals surface area (Å²) >= 11 is 2.14. The zero-order valence-electron chi connectivity index (χ0n) is 10.5. The molecule has 5 nitrogen and oxygen atoms in total. The lowest BCUT2D eigenvalue weighted by Crippen LogP contribution is -2.12. The molecular formula is C13H14IN3O2. The second-order valence-corrected chi connectivity index (χ2v) is 4.99. The van der Waals surface area contributed by atoms with Crippen molar-refractivity contribution in [1.29, 1.82) is 0 Å². The summed E-state index contributed by atoms with van der Waals surface area (Å²) in [6.07, 6.45) is 3.34. The maximum Gasteiger partial charge on any atom is 0.256 e. The van der Waals surface area contributed by atoms with E-state index in [1.165, 1.54) is 0 Å². The molecule has 0 atom stereocenters. The summed E-state index contributed by atoms with van der Waals surface area (Å²) in [5, 5.41) is 6.91. The van der Waals surface area contributed by atoms with Gasteiger partial charge in [-0.1, -0.05) is 12.1 Å². The highest BCUT2D eigenvalue weighted by Gasteiger charge is 2.10. The number of amides is 1. The van der Waals surface area contributed by atoms with E-state index < -0.39 is 0 Å². The van der Waals surface area contributed by atoms with E-state index in [2.05, 4.69) is 33.0 Å². The molecule has 0 radical (unpaired) electrons. The van der Waals surface area contributed by atoms with Gasteiger partial charge < -0.3 is 10.1 Å². The fraction of sp³-hybridized carbons (Fsp3) is 0.231. The van der Waals surface area contributed by atoms with Crippen molar-refractivity contribution in [3.63, 3.8) is 0 Å². The van der Waals surface area contributed by atoms with E-state index in [1.807, 2.05) is 25.1 Å². The first-order chi connectivity index (χ1) is 9.20. The van der Waals surface area contributed by atoms with E-state index in [-0.39, 0.29) is 5.91 Å². The number of benzene rings is 1. The lowest BCUT2D eigenvalue weighted by atomic mass is 10.2. The minimum atomic E-state index is -0.138. The molecule has 0 aliphatic heterocycles. The Labute approximate surface area is 125 Å². The topological polar surface area (TPSA) is 56.1 Å². The van der Waals surface area contributed by atoms with E-state index in [0.29, 0.717) is 24.6 Å². The smallest absolute Gasteiger partial charge is 0.256 e. The number of aromatic nitrogens is 2. The van der Waals surface area contributed by atoms with Crippen LogP contribution in [0.4, 0.5) is 5.69 Å². The van der Waals surface area contributed by atoms with E-state index in [4.69, 9.17) is 4.74 Å². The van der Waals surface area contributed by atoms with Gasteiger partial charge in [0.25, 0.3) is 5.91 Å². The molecule has 2 rings (SSSR count). The molecular weight excluding hydrogens is 357 g/mol. The van der Waals surface area contributed by atoms with Crippen LogP contribution in [-0.2, 0) is 11.5 Å². The van der Waals surface area contributed by atoms with Gasteiger partial charge in [-0.3, -0.25) is 4.79 Å². The number of halogens is 1. The average molecular weight is 371 g/mol. The predicted octanol–water partition coefficient (Wildman–Crippen LogP) is 2.73. The number of carbonyl (C=O) groups excluding carboxylic acids is 1. The molecule has 0 unspecified atom stereocenters. The molecule has 0 saturated heterocycles. The van der Waals surface area contributed by atoms with Crippen LogP contribution in [0.15, 0.2) is 36.7 Å². The number of ether oxygens (including phenoxy) is 1. The Bertz CT molecular complexity index is 569. The summed E-state index contributed by atoms with van der Waals surface area (Å²) in [4.78, 5) is 12.1. The van der Waals surface area contributed by atoms with Crippen LogP contribution in [0.3, 0.4) is 0 Å². The predicted molar refractivity (Wildman–Crippen MR) is 81.0 cm³/mol. The van der Waals surface area contributed by atoms with Gasteiger partial charge in [-0.25, -0.2) is 4.68 Å². The van der Waals surface area contributed by atoms with E-state index >= 15 is 0 Å². The van der Waals surface area contributed by atoms with Crippen LogP contribution in [0.2, 0.25) is 0 Å². The first-order valence-corrected chi connectivity index (χ1v) is 6.94. The molecule has 0 fully saturated rings. The fourth-order valence-electron chi connectivity index (χ4n) is 1.53. The molecule has 1 aromatic heterocycles. The van der Waals surface area contributed by atoms with Gasteiger partial charge in [0.1, 0.15) is 6.73 Å². The van der Waals surface area contributed by atoms with E-state index in [1.54, 1.807) is 23.1 Å². The number of nitrogens with one attached hydrogen (secondary N) is 1. The third-order valence-electron chi connectivity index (χ3n) is 2.44. The number of rotatable bonds is 5. The van der Waals surface area contributed by atoms with Crippen molar-refractivity contribution in [2.24, 2.45) is 0 Å². The maximum atomic E-state index is 12.1. The normalized spacial score (nSPS) is 10.4. The maximum absolute atomic E-state index is 12.1. The SMILES string of the molecule is CCOCn1cc(NC(=O)c2ccccc2I)cn1. The van der Waals surface area contributed by atoms with Crippen LogP contribution in [0.5, 0.6) is 0 Å². The number of hydrogen-bond acceptors (Lipinski definition) is 3. The van der Waals surface area contributed by atoms with Gasteiger partial charge in [0, 0.05) is 10.2 Å². The van der Waals surface area contributed by atoms with Crippen LogP contribution < -0.4 is 5.32 Å². The highest BCUT2D eigenvalue weighted by molar-refractivity contribution is 14.1. The summed E-state index contributed by atoms with van der Waals surface area (Å²) in [6.45, 7) is 2.93. The van der Waals surface area contributed by atoms with Crippen LogP contribution in [0.25, 0.3) is 0 Å². The molecule has 6 heteroatoms. The van der Waals surface area contributed by atoms with Crippen LogP contribution in [-0.4, -0.2) is 22.3 Å². The molecule has 0 aliphatic rings. The second kappa shape index (κ2) is 6.67.